The van der Waals surface area contributed by atoms with Gasteiger partial charge in [0.15, 0.2) is 0 Å². The van der Waals surface area contributed by atoms with E-state index in [2.05, 4.69) is 21.8 Å². The van der Waals surface area contributed by atoms with Crippen molar-refractivity contribution in [2.24, 2.45) is 0 Å². The van der Waals surface area contributed by atoms with Gasteiger partial charge in [0.2, 0.25) is 5.95 Å². The summed E-state index contributed by atoms with van der Waals surface area (Å²) in [4.78, 5) is 4.31. The second kappa shape index (κ2) is 5.32. The molecule has 2 rings (SSSR count). The van der Waals surface area contributed by atoms with Gasteiger partial charge < -0.3 is 19.4 Å². The van der Waals surface area contributed by atoms with Crippen molar-refractivity contribution in [3.05, 3.63) is 12.4 Å². The molecule has 1 aliphatic rings. The Labute approximate surface area is 95.8 Å². The predicted molar refractivity (Wildman–Crippen MR) is 61.5 cm³/mol. The lowest BCUT2D eigenvalue weighted by Gasteiger charge is -2.17. The number of aromatic nitrogens is 2. The SMILES string of the molecule is COCCn1ccnc1NC1CCOC1C. The highest BCUT2D eigenvalue weighted by atomic mass is 16.5. The molecule has 1 saturated heterocycles. The van der Waals surface area contributed by atoms with Gasteiger partial charge in [-0.3, -0.25) is 0 Å². The van der Waals surface area contributed by atoms with Crippen LogP contribution in [0.4, 0.5) is 5.95 Å². The van der Waals surface area contributed by atoms with Crippen LogP contribution in [0.15, 0.2) is 12.4 Å². The number of nitrogens with one attached hydrogen (secondary N) is 1. The first-order valence-corrected chi connectivity index (χ1v) is 5.69. The number of rotatable bonds is 5. The molecule has 16 heavy (non-hydrogen) atoms. The molecule has 0 aromatic carbocycles. The highest BCUT2D eigenvalue weighted by Gasteiger charge is 2.24. The molecule has 2 atom stereocenters. The van der Waals surface area contributed by atoms with Crippen LogP contribution in [0.25, 0.3) is 0 Å². The highest BCUT2D eigenvalue weighted by molar-refractivity contribution is 5.28. The van der Waals surface area contributed by atoms with Crippen LogP contribution in [-0.4, -0.2) is 42.0 Å². The summed E-state index contributed by atoms with van der Waals surface area (Å²) >= 11 is 0. The summed E-state index contributed by atoms with van der Waals surface area (Å²) in [5.41, 5.74) is 0. The molecule has 5 nitrogen and oxygen atoms in total. The second-order valence-corrected chi connectivity index (χ2v) is 4.05. The minimum absolute atomic E-state index is 0.257. The summed E-state index contributed by atoms with van der Waals surface area (Å²) in [6, 6.07) is 0.365. The Balaban J connectivity index is 1.95. The molecule has 2 unspecified atom stereocenters. The molecule has 0 spiro atoms. The second-order valence-electron chi connectivity index (χ2n) is 4.05. The lowest BCUT2D eigenvalue weighted by atomic mass is 10.2. The smallest absolute Gasteiger partial charge is 0.203 e. The third-order valence-electron chi connectivity index (χ3n) is 2.94. The minimum atomic E-state index is 0.257. The molecular formula is C11H19N3O2. The van der Waals surface area contributed by atoms with Gasteiger partial charge in [0.25, 0.3) is 0 Å². The Kier molecular flexibility index (Phi) is 3.79. The monoisotopic (exact) mass is 225 g/mol. The van der Waals surface area contributed by atoms with Crippen molar-refractivity contribution >= 4 is 5.95 Å². The summed E-state index contributed by atoms with van der Waals surface area (Å²) in [5, 5.41) is 3.42. The molecule has 0 amide bonds. The molecule has 0 saturated carbocycles. The van der Waals surface area contributed by atoms with E-state index in [1.54, 1.807) is 13.3 Å². The molecule has 0 bridgehead atoms. The van der Waals surface area contributed by atoms with E-state index in [1.165, 1.54) is 0 Å². The molecule has 2 heterocycles. The first kappa shape index (κ1) is 11.4. The third kappa shape index (κ3) is 2.54. The van der Waals surface area contributed by atoms with E-state index in [-0.39, 0.29) is 6.10 Å². The summed E-state index contributed by atoms with van der Waals surface area (Å²) in [6.45, 7) is 4.44. The maximum Gasteiger partial charge on any atom is 0.203 e. The molecule has 1 fully saturated rings. The van der Waals surface area contributed by atoms with Gasteiger partial charge in [0.1, 0.15) is 0 Å². The molecule has 5 heteroatoms. The van der Waals surface area contributed by atoms with Crippen LogP contribution in [0.2, 0.25) is 0 Å². The van der Waals surface area contributed by atoms with Crippen LogP contribution in [0, 0.1) is 0 Å². The van der Waals surface area contributed by atoms with Crippen LogP contribution in [0.5, 0.6) is 0 Å². The van der Waals surface area contributed by atoms with E-state index in [4.69, 9.17) is 9.47 Å². The van der Waals surface area contributed by atoms with E-state index >= 15 is 0 Å². The summed E-state index contributed by atoms with van der Waals surface area (Å²) in [7, 11) is 1.71. The van der Waals surface area contributed by atoms with Crippen molar-refractivity contribution in [2.45, 2.75) is 32.0 Å². The van der Waals surface area contributed by atoms with Gasteiger partial charge in [-0.05, 0) is 13.3 Å². The standard InChI is InChI=1S/C11H19N3O2/c1-9-10(3-7-16-9)13-11-12-4-5-14(11)6-8-15-2/h4-5,9-10H,3,6-8H2,1-2H3,(H,12,13). The fourth-order valence-corrected chi connectivity index (χ4v) is 1.91. The fourth-order valence-electron chi connectivity index (χ4n) is 1.91. The number of nitrogens with zero attached hydrogens (tertiary/aromatic N) is 2. The maximum absolute atomic E-state index is 5.51. The quantitative estimate of drug-likeness (QED) is 0.815. The Bertz CT molecular complexity index is 327. The number of imidazole rings is 1. The zero-order chi connectivity index (χ0) is 11.4. The molecule has 0 aliphatic carbocycles. The van der Waals surface area contributed by atoms with E-state index in [1.807, 2.05) is 6.20 Å². The summed E-state index contributed by atoms with van der Waals surface area (Å²) in [5.74, 6) is 0.902. The average molecular weight is 225 g/mol. The summed E-state index contributed by atoms with van der Waals surface area (Å²) < 4.78 is 12.6. The van der Waals surface area contributed by atoms with E-state index in [9.17, 15) is 0 Å². The average Bonchev–Trinajstić information content (AvgIpc) is 2.87. The number of hydrogen-bond acceptors (Lipinski definition) is 4. The van der Waals surface area contributed by atoms with Crippen LogP contribution < -0.4 is 5.32 Å². The molecule has 1 aromatic rings. The first-order valence-electron chi connectivity index (χ1n) is 5.69. The number of anilines is 1. The topological polar surface area (TPSA) is 48.3 Å². The highest BCUT2D eigenvalue weighted by Crippen LogP contribution is 2.17. The van der Waals surface area contributed by atoms with Crippen molar-refractivity contribution in [1.82, 2.24) is 9.55 Å². The largest absolute Gasteiger partial charge is 0.383 e. The van der Waals surface area contributed by atoms with Crippen LogP contribution in [0.3, 0.4) is 0 Å². The van der Waals surface area contributed by atoms with E-state index in [0.717, 1.165) is 25.5 Å². The van der Waals surface area contributed by atoms with Crippen LogP contribution in [-0.2, 0) is 16.0 Å². The maximum atomic E-state index is 5.51. The van der Waals surface area contributed by atoms with Gasteiger partial charge in [-0.15, -0.1) is 0 Å². The Morgan fingerprint density at radius 1 is 1.69 bits per heavy atom. The van der Waals surface area contributed by atoms with E-state index in [0.29, 0.717) is 12.6 Å². The van der Waals surface area contributed by atoms with E-state index < -0.39 is 0 Å². The number of methoxy groups -OCH3 is 1. The molecule has 1 aromatic heterocycles. The minimum Gasteiger partial charge on any atom is -0.383 e. The number of ether oxygens (including phenoxy) is 2. The van der Waals surface area contributed by atoms with Gasteiger partial charge in [0, 0.05) is 32.7 Å². The van der Waals surface area contributed by atoms with Crippen molar-refractivity contribution in [3.63, 3.8) is 0 Å². The predicted octanol–water partition coefficient (Wildman–Crippen LogP) is 1.12. The molecule has 0 radical (unpaired) electrons. The molecule has 90 valence electrons. The van der Waals surface area contributed by atoms with Gasteiger partial charge in [-0.1, -0.05) is 0 Å². The zero-order valence-electron chi connectivity index (χ0n) is 9.85. The van der Waals surface area contributed by atoms with Crippen molar-refractivity contribution < 1.29 is 9.47 Å². The van der Waals surface area contributed by atoms with Gasteiger partial charge in [-0.25, -0.2) is 4.98 Å². The Morgan fingerprint density at radius 2 is 2.56 bits per heavy atom. The first-order chi connectivity index (χ1) is 7.81. The normalized spacial score (nSPS) is 24.9. The van der Waals surface area contributed by atoms with Crippen molar-refractivity contribution in [2.75, 3.05) is 25.6 Å². The van der Waals surface area contributed by atoms with Gasteiger partial charge >= 0.3 is 0 Å². The lowest BCUT2D eigenvalue weighted by molar-refractivity contribution is 0.121. The van der Waals surface area contributed by atoms with Crippen LogP contribution >= 0.6 is 0 Å². The molecule has 1 aliphatic heterocycles. The van der Waals surface area contributed by atoms with Crippen LogP contribution in [0.1, 0.15) is 13.3 Å². The lowest BCUT2D eigenvalue weighted by Crippen LogP contribution is -2.28. The Hall–Kier alpha value is -1.07. The van der Waals surface area contributed by atoms with Crippen molar-refractivity contribution in [1.29, 1.82) is 0 Å². The molecular weight excluding hydrogens is 206 g/mol. The van der Waals surface area contributed by atoms with Gasteiger partial charge in [-0.2, -0.15) is 0 Å². The number of hydrogen-bond donors (Lipinski definition) is 1. The third-order valence-corrected chi connectivity index (χ3v) is 2.94. The zero-order valence-corrected chi connectivity index (χ0v) is 9.85. The summed E-state index contributed by atoms with van der Waals surface area (Å²) in [6.07, 6.45) is 5.06. The Morgan fingerprint density at radius 3 is 3.25 bits per heavy atom. The fraction of sp³-hybridized carbons (Fsp3) is 0.727. The molecule has 1 N–H and O–H groups in total. The van der Waals surface area contributed by atoms with Crippen molar-refractivity contribution in [3.8, 4) is 0 Å². The van der Waals surface area contributed by atoms with Gasteiger partial charge in [0.05, 0.1) is 18.8 Å².